The highest BCUT2D eigenvalue weighted by atomic mass is 35.5. The lowest BCUT2D eigenvalue weighted by Gasteiger charge is -2.26. The third-order valence-electron chi connectivity index (χ3n) is 3.70. The second-order valence-corrected chi connectivity index (χ2v) is 5.70. The van der Waals surface area contributed by atoms with Gasteiger partial charge in [0.15, 0.2) is 0 Å². The first kappa shape index (κ1) is 15.7. The van der Waals surface area contributed by atoms with Gasteiger partial charge in [0, 0.05) is 35.4 Å². The van der Waals surface area contributed by atoms with E-state index < -0.39 is 0 Å². The van der Waals surface area contributed by atoms with Crippen molar-refractivity contribution in [1.82, 2.24) is 14.9 Å². The second-order valence-electron chi connectivity index (χ2n) is 5.26. The van der Waals surface area contributed by atoms with Gasteiger partial charge in [0.1, 0.15) is 5.82 Å². The Morgan fingerprint density at radius 2 is 1.96 bits per heavy atom. The lowest BCUT2D eigenvalue weighted by molar-refractivity contribution is -0.134. The molecule has 1 aliphatic rings. The van der Waals surface area contributed by atoms with Crippen LogP contribution in [0.2, 0.25) is 5.02 Å². The highest BCUT2D eigenvalue weighted by molar-refractivity contribution is 6.30. The van der Waals surface area contributed by atoms with Gasteiger partial charge >= 0.3 is 0 Å². The summed E-state index contributed by atoms with van der Waals surface area (Å²) < 4.78 is 5.21. The summed E-state index contributed by atoms with van der Waals surface area (Å²) in [7, 11) is 0. The number of carbonyl (C=O) groups is 1. The fourth-order valence-electron chi connectivity index (χ4n) is 2.39. The molecule has 1 N–H and O–H groups in total. The maximum Gasteiger partial charge on any atom is 0.254 e. The molecule has 0 bridgehead atoms. The Morgan fingerprint density at radius 3 is 2.61 bits per heavy atom. The number of halogens is 1. The van der Waals surface area contributed by atoms with Crippen molar-refractivity contribution in [3.63, 3.8) is 0 Å². The molecule has 1 saturated heterocycles. The number of ether oxygens (including phenoxy) is 1. The molecule has 1 amide bonds. The minimum Gasteiger partial charge on any atom is -0.378 e. The van der Waals surface area contributed by atoms with E-state index in [9.17, 15) is 9.59 Å². The Hall–Kier alpha value is -2.18. The quantitative estimate of drug-likeness (QED) is 0.923. The van der Waals surface area contributed by atoms with Crippen molar-refractivity contribution in [2.24, 2.45) is 0 Å². The van der Waals surface area contributed by atoms with Gasteiger partial charge in [0.25, 0.3) is 5.56 Å². The van der Waals surface area contributed by atoms with E-state index in [0.717, 1.165) is 5.56 Å². The SMILES string of the molecule is O=C(Cc1cnc(-c2ccc(Cl)cc2)[nH]c1=O)N1CCOCC1. The molecule has 6 nitrogen and oxygen atoms in total. The minimum atomic E-state index is -0.299. The number of hydrogen-bond donors (Lipinski definition) is 1. The van der Waals surface area contributed by atoms with Crippen molar-refractivity contribution in [1.29, 1.82) is 0 Å². The molecule has 0 unspecified atom stereocenters. The molecule has 0 aliphatic carbocycles. The van der Waals surface area contributed by atoms with Crippen molar-refractivity contribution in [3.05, 3.63) is 51.4 Å². The molecule has 0 radical (unpaired) electrons. The standard InChI is InChI=1S/C16H16ClN3O3/c17-13-3-1-11(2-4-13)15-18-10-12(16(22)19-15)9-14(21)20-5-7-23-8-6-20/h1-4,10H,5-9H2,(H,18,19,22). The number of H-pyrrole nitrogens is 1. The van der Waals surface area contributed by atoms with Crippen molar-refractivity contribution in [2.45, 2.75) is 6.42 Å². The van der Waals surface area contributed by atoms with Crippen LogP contribution in [0.15, 0.2) is 35.3 Å². The Bertz CT molecular complexity index is 752. The molecular formula is C16H16ClN3O3. The summed E-state index contributed by atoms with van der Waals surface area (Å²) in [6, 6.07) is 7.01. The van der Waals surface area contributed by atoms with Crippen LogP contribution in [0, 0.1) is 0 Å². The molecule has 23 heavy (non-hydrogen) atoms. The third-order valence-corrected chi connectivity index (χ3v) is 3.95. The molecule has 0 saturated carbocycles. The van der Waals surface area contributed by atoms with Crippen LogP contribution in [0.25, 0.3) is 11.4 Å². The second kappa shape index (κ2) is 6.93. The molecule has 1 fully saturated rings. The van der Waals surface area contributed by atoms with Gasteiger partial charge in [-0.05, 0) is 24.3 Å². The number of benzene rings is 1. The first-order valence-corrected chi connectivity index (χ1v) is 7.71. The number of rotatable bonds is 3. The van der Waals surface area contributed by atoms with Gasteiger partial charge in [-0.25, -0.2) is 4.98 Å². The molecule has 0 atom stereocenters. The fraction of sp³-hybridized carbons (Fsp3) is 0.312. The number of morpholine rings is 1. The molecule has 0 spiro atoms. The van der Waals surface area contributed by atoms with Gasteiger partial charge in [-0.1, -0.05) is 11.6 Å². The largest absolute Gasteiger partial charge is 0.378 e. The zero-order chi connectivity index (χ0) is 16.2. The molecular weight excluding hydrogens is 318 g/mol. The van der Waals surface area contributed by atoms with Crippen molar-refractivity contribution in [2.75, 3.05) is 26.3 Å². The Kier molecular flexibility index (Phi) is 4.73. The molecule has 7 heteroatoms. The van der Waals surface area contributed by atoms with Crippen LogP contribution < -0.4 is 5.56 Å². The molecule has 1 aromatic carbocycles. The Balaban J connectivity index is 1.75. The van der Waals surface area contributed by atoms with Gasteiger partial charge in [-0.15, -0.1) is 0 Å². The minimum absolute atomic E-state index is 0.0449. The van der Waals surface area contributed by atoms with E-state index in [1.807, 2.05) is 0 Å². The van der Waals surface area contributed by atoms with E-state index in [1.165, 1.54) is 6.20 Å². The smallest absolute Gasteiger partial charge is 0.254 e. The number of hydrogen-bond acceptors (Lipinski definition) is 4. The summed E-state index contributed by atoms with van der Waals surface area (Å²) in [5.41, 5.74) is 0.823. The van der Waals surface area contributed by atoms with Crippen LogP contribution in [-0.2, 0) is 16.0 Å². The monoisotopic (exact) mass is 333 g/mol. The fourth-order valence-corrected chi connectivity index (χ4v) is 2.52. The first-order chi connectivity index (χ1) is 11.1. The summed E-state index contributed by atoms with van der Waals surface area (Å²) in [5, 5.41) is 0.615. The van der Waals surface area contributed by atoms with Crippen LogP contribution in [0.5, 0.6) is 0 Å². The van der Waals surface area contributed by atoms with Gasteiger partial charge in [0.05, 0.1) is 19.6 Å². The summed E-state index contributed by atoms with van der Waals surface area (Å²) in [6.45, 7) is 2.20. The lowest BCUT2D eigenvalue weighted by atomic mass is 10.2. The van der Waals surface area contributed by atoms with Gasteiger partial charge < -0.3 is 14.6 Å². The lowest BCUT2D eigenvalue weighted by Crippen LogP contribution is -2.42. The number of carbonyl (C=O) groups excluding carboxylic acids is 1. The van der Waals surface area contributed by atoms with E-state index in [0.29, 0.717) is 42.7 Å². The average molecular weight is 334 g/mol. The summed E-state index contributed by atoms with van der Waals surface area (Å²) in [4.78, 5) is 33.0. The topological polar surface area (TPSA) is 75.3 Å². The Morgan fingerprint density at radius 1 is 1.26 bits per heavy atom. The van der Waals surface area contributed by atoms with E-state index >= 15 is 0 Å². The van der Waals surface area contributed by atoms with Gasteiger partial charge in [-0.3, -0.25) is 9.59 Å². The number of aromatic nitrogens is 2. The number of nitrogens with zero attached hydrogens (tertiary/aromatic N) is 2. The highest BCUT2D eigenvalue weighted by Crippen LogP contribution is 2.16. The van der Waals surface area contributed by atoms with E-state index in [4.69, 9.17) is 16.3 Å². The average Bonchev–Trinajstić information content (AvgIpc) is 2.58. The van der Waals surface area contributed by atoms with Crippen LogP contribution >= 0.6 is 11.6 Å². The van der Waals surface area contributed by atoms with Crippen LogP contribution in [0.4, 0.5) is 0 Å². The predicted molar refractivity (Wildman–Crippen MR) is 86.4 cm³/mol. The molecule has 2 aromatic rings. The summed E-state index contributed by atoms with van der Waals surface area (Å²) in [6.07, 6.45) is 1.50. The van der Waals surface area contributed by atoms with Crippen LogP contribution in [0.1, 0.15) is 5.56 Å². The molecule has 2 heterocycles. The molecule has 1 aromatic heterocycles. The molecule has 120 valence electrons. The van der Waals surface area contributed by atoms with E-state index in [2.05, 4.69) is 9.97 Å². The zero-order valence-corrected chi connectivity index (χ0v) is 13.2. The zero-order valence-electron chi connectivity index (χ0n) is 12.4. The van der Waals surface area contributed by atoms with Crippen molar-refractivity contribution < 1.29 is 9.53 Å². The Labute approximate surface area is 138 Å². The number of aromatic amines is 1. The van der Waals surface area contributed by atoms with Crippen LogP contribution in [0.3, 0.4) is 0 Å². The highest BCUT2D eigenvalue weighted by Gasteiger charge is 2.18. The number of amides is 1. The summed E-state index contributed by atoms with van der Waals surface area (Å²) in [5.74, 6) is 0.370. The summed E-state index contributed by atoms with van der Waals surface area (Å²) >= 11 is 5.84. The number of nitrogens with one attached hydrogen (secondary N) is 1. The maximum atomic E-state index is 12.2. The third kappa shape index (κ3) is 3.78. The molecule has 1 aliphatic heterocycles. The van der Waals surface area contributed by atoms with Gasteiger partial charge in [-0.2, -0.15) is 0 Å². The first-order valence-electron chi connectivity index (χ1n) is 7.33. The van der Waals surface area contributed by atoms with E-state index in [-0.39, 0.29) is 17.9 Å². The maximum absolute atomic E-state index is 12.2. The normalized spacial score (nSPS) is 14.7. The van der Waals surface area contributed by atoms with Gasteiger partial charge in [0.2, 0.25) is 5.91 Å². The van der Waals surface area contributed by atoms with Crippen molar-refractivity contribution in [3.8, 4) is 11.4 Å². The van der Waals surface area contributed by atoms with Crippen molar-refractivity contribution >= 4 is 17.5 Å². The molecule has 3 rings (SSSR count). The predicted octanol–water partition coefficient (Wildman–Crippen LogP) is 1.49. The van der Waals surface area contributed by atoms with E-state index in [1.54, 1.807) is 29.2 Å². The van der Waals surface area contributed by atoms with Crippen LogP contribution in [-0.4, -0.2) is 47.1 Å².